The van der Waals surface area contributed by atoms with E-state index in [9.17, 15) is 26.4 Å². The fourth-order valence-electron chi connectivity index (χ4n) is 6.52. The highest BCUT2D eigenvalue weighted by atomic mass is 32.2. The van der Waals surface area contributed by atoms with E-state index in [0.29, 0.717) is 42.8 Å². The number of halogens is 3. The van der Waals surface area contributed by atoms with Crippen molar-refractivity contribution in [2.75, 3.05) is 18.8 Å². The van der Waals surface area contributed by atoms with Gasteiger partial charge >= 0.3 is 12.1 Å². The van der Waals surface area contributed by atoms with Gasteiger partial charge in [-0.05, 0) is 74.3 Å². The first-order valence-corrected chi connectivity index (χ1v) is 14.6. The average Bonchev–Trinajstić information content (AvgIpc) is 3.18. The zero-order valence-electron chi connectivity index (χ0n) is 21.3. The van der Waals surface area contributed by atoms with Crippen LogP contribution in [0.25, 0.3) is 17.2 Å². The van der Waals surface area contributed by atoms with Gasteiger partial charge in [0, 0.05) is 30.8 Å². The highest BCUT2D eigenvalue weighted by Gasteiger charge is 2.55. The number of nitrogens with zero attached hydrogens (tertiary/aromatic N) is 2. The van der Waals surface area contributed by atoms with Crippen LogP contribution in [0.4, 0.5) is 13.2 Å². The van der Waals surface area contributed by atoms with Crippen LogP contribution in [0.2, 0.25) is 0 Å². The quantitative estimate of drug-likeness (QED) is 0.476. The Morgan fingerprint density at radius 2 is 1.97 bits per heavy atom. The number of carbonyl (C=O) groups excluding carboxylic acids is 1. The van der Waals surface area contributed by atoms with E-state index in [2.05, 4.69) is 11.1 Å². The molecule has 1 aromatic carbocycles. The number of alkyl halides is 3. The van der Waals surface area contributed by atoms with E-state index in [4.69, 9.17) is 4.74 Å². The molecule has 0 amide bonds. The summed E-state index contributed by atoms with van der Waals surface area (Å²) < 4.78 is 71.5. The lowest BCUT2D eigenvalue weighted by atomic mass is 9.59. The van der Waals surface area contributed by atoms with Gasteiger partial charge in [-0.1, -0.05) is 24.3 Å². The Labute approximate surface area is 220 Å². The van der Waals surface area contributed by atoms with Crippen LogP contribution >= 0.6 is 0 Å². The smallest absolute Gasteiger partial charge is 0.416 e. The molecule has 3 aliphatic rings. The number of fused-ring (bicyclic) bond motifs is 2. The minimum atomic E-state index is -4.42. The predicted molar refractivity (Wildman–Crippen MR) is 137 cm³/mol. The Kier molecular flexibility index (Phi) is 7.15. The number of pyridine rings is 1. The molecule has 2 aliphatic heterocycles. The lowest BCUT2D eigenvalue weighted by molar-refractivity contribution is -0.144. The summed E-state index contributed by atoms with van der Waals surface area (Å²) in [5.41, 5.74) is 0.966. The largest absolute Gasteiger partial charge is 0.462 e. The minimum Gasteiger partial charge on any atom is -0.462 e. The van der Waals surface area contributed by atoms with E-state index in [1.54, 1.807) is 35.6 Å². The molecule has 3 heterocycles. The van der Waals surface area contributed by atoms with Crippen molar-refractivity contribution in [3.8, 4) is 11.1 Å². The second-order valence-electron chi connectivity index (χ2n) is 10.5. The van der Waals surface area contributed by atoms with Crippen molar-refractivity contribution in [2.24, 2.45) is 29.6 Å². The molecular weight excluding hydrogens is 517 g/mol. The van der Waals surface area contributed by atoms with Gasteiger partial charge in [0.15, 0.2) is 0 Å². The molecule has 5 unspecified atom stereocenters. The van der Waals surface area contributed by atoms with E-state index in [1.165, 1.54) is 6.07 Å². The number of hydrogen-bond donors (Lipinski definition) is 0. The monoisotopic (exact) mass is 548 g/mol. The van der Waals surface area contributed by atoms with E-state index >= 15 is 0 Å². The molecule has 0 spiro atoms. The SMILES string of the molecule is CCS(=O)(=O)N1CCC2C(CC3C(=O)O[C@H](C)C3C2/C=C/c2ccc(-c3cccc(C(F)(F)F)c3)cn2)C1. The topological polar surface area (TPSA) is 76.6 Å². The average molecular weight is 549 g/mol. The van der Waals surface area contributed by atoms with Crippen molar-refractivity contribution in [3.63, 3.8) is 0 Å². The van der Waals surface area contributed by atoms with E-state index < -0.39 is 21.8 Å². The van der Waals surface area contributed by atoms with Crippen LogP contribution < -0.4 is 0 Å². The van der Waals surface area contributed by atoms with Crippen LogP contribution in [-0.4, -0.2) is 48.6 Å². The molecule has 5 rings (SSSR count). The number of benzene rings is 1. The van der Waals surface area contributed by atoms with Crippen molar-refractivity contribution < 1.29 is 31.1 Å². The molecule has 3 fully saturated rings. The lowest BCUT2D eigenvalue weighted by Crippen LogP contribution is -2.51. The molecule has 1 aromatic heterocycles. The standard InChI is InChI=1S/C28H31F3N2O4S/c1-3-38(35,36)33-12-11-23-20(16-33)14-25-26(17(2)37-27(25)34)24(23)10-9-22-8-7-19(15-32-22)18-5-4-6-21(13-18)28(29,30)31/h4-10,13,15,17,20,23-26H,3,11-12,14,16H2,1-2H3/b10-9+/t17-,20?,23?,24?,25?,26?/m1/s1. The number of aromatic nitrogens is 1. The van der Waals surface area contributed by atoms with Crippen LogP contribution in [0.5, 0.6) is 0 Å². The van der Waals surface area contributed by atoms with Crippen LogP contribution in [0.15, 0.2) is 48.7 Å². The second kappa shape index (κ2) is 10.1. The maximum Gasteiger partial charge on any atom is 0.416 e. The summed E-state index contributed by atoms with van der Waals surface area (Å²) in [4.78, 5) is 17.1. The van der Waals surface area contributed by atoms with E-state index in [-0.39, 0.29) is 47.4 Å². The fraction of sp³-hybridized carbons (Fsp3) is 0.500. The molecule has 204 valence electrons. The van der Waals surface area contributed by atoms with Gasteiger partial charge in [0.25, 0.3) is 0 Å². The zero-order chi connectivity index (χ0) is 27.2. The Morgan fingerprint density at radius 1 is 1.18 bits per heavy atom. The molecule has 2 aromatic rings. The number of carbonyl (C=O) groups is 1. The van der Waals surface area contributed by atoms with Gasteiger partial charge in [0.1, 0.15) is 6.10 Å². The molecule has 6 nitrogen and oxygen atoms in total. The molecule has 2 saturated heterocycles. The number of hydrogen-bond acceptors (Lipinski definition) is 5. The van der Waals surface area contributed by atoms with Crippen LogP contribution in [0.3, 0.4) is 0 Å². The molecule has 1 saturated carbocycles. The summed E-state index contributed by atoms with van der Waals surface area (Å²) in [5.74, 6) is -0.0940. The number of allylic oxidation sites excluding steroid dienone is 1. The van der Waals surface area contributed by atoms with Crippen molar-refractivity contribution in [1.29, 1.82) is 0 Å². The first-order chi connectivity index (χ1) is 18.0. The van der Waals surface area contributed by atoms with Crippen molar-refractivity contribution in [1.82, 2.24) is 9.29 Å². The maximum atomic E-state index is 13.1. The number of ether oxygens (including phenoxy) is 1. The summed E-state index contributed by atoms with van der Waals surface area (Å²) in [5, 5.41) is 0. The second-order valence-corrected chi connectivity index (χ2v) is 12.8. The summed E-state index contributed by atoms with van der Waals surface area (Å²) in [6.07, 6.45) is 2.22. The molecule has 10 heteroatoms. The molecule has 38 heavy (non-hydrogen) atoms. The Balaban J connectivity index is 1.38. The third-order valence-electron chi connectivity index (χ3n) is 8.42. The van der Waals surface area contributed by atoms with Gasteiger partial charge < -0.3 is 4.74 Å². The van der Waals surface area contributed by atoms with Crippen LogP contribution in [0.1, 0.15) is 37.9 Å². The molecule has 0 bridgehead atoms. The predicted octanol–water partition coefficient (Wildman–Crippen LogP) is 5.27. The van der Waals surface area contributed by atoms with Crippen molar-refractivity contribution in [2.45, 2.75) is 39.0 Å². The Bertz CT molecular complexity index is 1330. The summed E-state index contributed by atoms with van der Waals surface area (Å²) in [6.45, 7) is 4.44. The maximum absolute atomic E-state index is 13.1. The number of rotatable bonds is 5. The molecule has 0 N–H and O–H groups in total. The highest BCUT2D eigenvalue weighted by molar-refractivity contribution is 7.89. The van der Waals surface area contributed by atoms with Gasteiger partial charge in [-0.25, -0.2) is 12.7 Å². The van der Waals surface area contributed by atoms with E-state index in [1.807, 2.05) is 13.0 Å². The number of esters is 1. The van der Waals surface area contributed by atoms with E-state index in [0.717, 1.165) is 12.1 Å². The first kappa shape index (κ1) is 26.9. The van der Waals surface area contributed by atoms with Gasteiger partial charge in [-0.15, -0.1) is 0 Å². The number of sulfonamides is 1. The molecule has 1 aliphatic carbocycles. The zero-order valence-corrected chi connectivity index (χ0v) is 22.1. The highest BCUT2D eigenvalue weighted by Crippen LogP contribution is 2.52. The van der Waals surface area contributed by atoms with Gasteiger partial charge in [0.05, 0.1) is 22.9 Å². The van der Waals surface area contributed by atoms with Gasteiger partial charge in [-0.2, -0.15) is 13.2 Å². The minimum absolute atomic E-state index is 0.0127. The molecule has 6 atom stereocenters. The first-order valence-electron chi connectivity index (χ1n) is 13.0. The van der Waals surface area contributed by atoms with Gasteiger partial charge in [-0.3, -0.25) is 9.78 Å². The van der Waals surface area contributed by atoms with Crippen molar-refractivity contribution >= 4 is 22.1 Å². The molecular formula is C28H31F3N2O4S. The van der Waals surface area contributed by atoms with Gasteiger partial charge in [0.2, 0.25) is 10.0 Å². The summed E-state index contributed by atoms with van der Waals surface area (Å²) in [7, 11) is -3.30. The third kappa shape index (κ3) is 5.12. The van der Waals surface area contributed by atoms with Crippen molar-refractivity contribution in [3.05, 3.63) is 59.9 Å². The fourth-order valence-corrected chi connectivity index (χ4v) is 7.69. The summed E-state index contributed by atoms with van der Waals surface area (Å²) in [6, 6.07) is 8.66. The third-order valence-corrected chi connectivity index (χ3v) is 10.3. The Hall–Kier alpha value is -2.72. The number of cyclic esters (lactones) is 1. The molecule has 0 radical (unpaired) electrons. The lowest BCUT2D eigenvalue weighted by Gasteiger charge is -2.48. The van der Waals surface area contributed by atoms with Crippen LogP contribution in [-0.2, 0) is 25.7 Å². The van der Waals surface area contributed by atoms with Crippen LogP contribution in [0, 0.1) is 29.6 Å². The Morgan fingerprint density at radius 3 is 2.66 bits per heavy atom. The normalized spacial score (nSPS) is 30.2. The number of piperidine rings is 1. The summed E-state index contributed by atoms with van der Waals surface area (Å²) >= 11 is 0.